The number of unbranched alkanes of at least 4 members (excludes halogenated alkanes) is 1. The first kappa shape index (κ1) is 28.8. The lowest BCUT2D eigenvalue weighted by Crippen LogP contribution is -2.42. The van der Waals surface area contributed by atoms with E-state index < -0.39 is 9.52 Å². The number of imidazole rings is 1. The van der Waals surface area contributed by atoms with Crippen molar-refractivity contribution < 1.29 is 0 Å². The van der Waals surface area contributed by atoms with Gasteiger partial charge in [-0.1, -0.05) is 146 Å². The molecule has 40 heavy (non-hydrogen) atoms. The minimum absolute atomic E-state index is 0.145. The summed E-state index contributed by atoms with van der Waals surface area (Å²) in [6.07, 6.45) is 10.8. The summed E-state index contributed by atoms with van der Waals surface area (Å²) < 4.78 is 2.31. The van der Waals surface area contributed by atoms with Crippen LogP contribution >= 0.6 is 0 Å². The fraction of sp³-hybridized carbons (Fsp3) is 0.139. The molecule has 1 heterocycles. The third-order valence-electron chi connectivity index (χ3n) is 7.10. The second-order valence-corrected chi connectivity index (χ2v) is 12.4. The molecule has 0 atom stereocenters. The summed E-state index contributed by atoms with van der Waals surface area (Å²) in [7, 11) is 5.02. The van der Waals surface area contributed by atoms with Crippen LogP contribution in [0.4, 0.5) is 0 Å². The number of nitrogens with zero attached hydrogens (tertiary/aromatic N) is 2. The van der Waals surface area contributed by atoms with E-state index in [0.717, 1.165) is 23.1 Å². The third kappa shape index (κ3) is 7.08. The highest BCUT2D eigenvalue weighted by Gasteiger charge is 2.36. The predicted octanol–water partition coefficient (Wildman–Crippen LogP) is 7.75. The summed E-state index contributed by atoms with van der Waals surface area (Å²) in [5.74, 6) is 1.66. The largest absolute Gasteiger partial charge is 0.326 e. The van der Waals surface area contributed by atoms with Crippen molar-refractivity contribution in [2.24, 2.45) is 0 Å². The molecule has 1 aromatic heterocycles. The Bertz CT molecular complexity index is 1380. The van der Waals surface area contributed by atoms with Gasteiger partial charge >= 0.3 is 0 Å². The minimum Gasteiger partial charge on any atom is -0.326 e. The van der Waals surface area contributed by atoms with Crippen LogP contribution in [0.1, 0.15) is 48.9 Å². The molecule has 4 aromatic carbocycles. The molecule has 0 aliphatic carbocycles. The van der Waals surface area contributed by atoms with Gasteiger partial charge in [-0.2, -0.15) is 0 Å². The Kier molecular flexibility index (Phi) is 10.7. The number of benzene rings is 4. The second-order valence-electron chi connectivity index (χ2n) is 9.89. The Labute approximate surface area is 243 Å². The van der Waals surface area contributed by atoms with Gasteiger partial charge in [-0.15, -0.1) is 5.98 Å². The lowest BCUT2D eigenvalue weighted by molar-refractivity contribution is 0.594. The van der Waals surface area contributed by atoms with Crippen LogP contribution in [-0.2, 0) is 5.16 Å². The van der Waals surface area contributed by atoms with E-state index in [1.807, 2.05) is 48.9 Å². The van der Waals surface area contributed by atoms with Crippen LogP contribution in [0.5, 0.6) is 0 Å². The molecule has 0 spiro atoms. The molecule has 2 nitrogen and oxygen atoms in total. The summed E-state index contributed by atoms with van der Waals surface area (Å²) in [5, 5.41) is 1.40. The predicted molar refractivity (Wildman–Crippen MR) is 174 cm³/mol. The van der Waals surface area contributed by atoms with E-state index in [4.69, 9.17) is 7.85 Å². The third-order valence-corrected chi connectivity index (χ3v) is 9.64. The van der Waals surface area contributed by atoms with Crippen molar-refractivity contribution in [1.82, 2.24) is 9.55 Å². The highest BCUT2D eigenvalue weighted by Crippen LogP contribution is 2.34. The van der Waals surface area contributed by atoms with Crippen molar-refractivity contribution in [1.29, 1.82) is 0 Å². The van der Waals surface area contributed by atoms with Gasteiger partial charge < -0.3 is 4.57 Å². The molecule has 2 radical (unpaired) electrons. The fourth-order valence-corrected chi connectivity index (χ4v) is 7.54. The van der Waals surface area contributed by atoms with Gasteiger partial charge in [0.25, 0.3) is 0 Å². The molecule has 0 fully saturated rings. The Morgan fingerprint density at radius 1 is 0.775 bits per heavy atom. The summed E-state index contributed by atoms with van der Waals surface area (Å²) >= 11 is 0. The molecule has 0 bridgehead atoms. The lowest BCUT2D eigenvalue weighted by Gasteiger charge is -2.37. The maximum Gasteiger partial charge on any atom is 0.103 e. The molecule has 5 rings (SSSR count). The maximum absolute atomic E-state index is 5.67. The second kappa shape index (κ2) is 14.9. The summed E-state index contributed by atoms with van der Waals surface area (Å²) in [5.41, 5.74) is 6.04. The Morgan fingerprint density at radius 2 is 1.25 bits per heavy atom. The first-order chi connectivity index (χ1) is 19.7. The van der Waals surface area contributed by atoms with Crippen LogP contribution < -0.4 is 0 Å². The Hall–Kier alpha value is -4.15. The Balaban J connectivity index is 0.000000210. The zero-order valence-electron chi connectivity index (χ0n) is 23.5. The molecule has 0 saturated heterocycles. The van der Waals surface area contributed by atoms with E-state index in [1.165, 1.54) is 17.5 Å². The average Bonchev–Trinajstić information content (AvgIpc) is 3.57. The fourth-order valence-electron chi connectivity index (χ4n) is 5.13. The van der Waals surface area contributed by atoms with Gasteiger partial charge in [0, 0.05) is 12.4 Å². The summed E-state index contributed by atoms with van der Waals surface area (Å²) in [6, 6.07) is 42.1. The van der Waals surface area contributed by atoms with E-state index in [-0.39, 0.29) is 5.16 Å². The zero-order chi connectivity index (χ0) is 28.0. The van der Waals surface area contributed by atoms with Crippen molar-refractivity contribution in [3.63, 3.8) is 0 Å². The first-order valence-electron chi connectivity index (χ1n) is 14.0. The van der Waals surface area contributed by atoms with Crippen molar-refractivity contribution >= 4 is 22.9 Å². The number of hydrogen-bond acceptors (Lipinski definition) is 1. The molecular weight excluding hydrogens is 499 g/mol. The average molecular weight is 537 g/mol. The van der Waals surface area contributed by atoms with Gasteiger partial charge in [-0.05, 0) is 41.2 Å². The van der Waals surface area contributed by atoms with Crippen LogP contribution in [0.25, 0.3) is 5.57 Å². The summed E-state index contributed by atoms with van der Waals surface area (Å²) in [4.78, 5) is 4.37. The highest BCUT2D eigenvalue weighted by atomic mass is 28.2. The number of rotatable bonds is 9. The maximum atomic E-state index is 5.67. The quantitative estimate of drug-likeness (QED) is 0.176. The SMILES string of the molecule is CCCC=C(C)[SiH2]C(c1ccccc1)(c1ccccc1)n1ccnc1.[B]C=C(c1ccccc1)c1ccccc1. The number of allylic oxidation sites excluding steroid dienone is 2. The van der Waals surface area contributed by atoms with E-state index in [0.29, 0.717) is 0 Å². The van der Waals surface area contributed by atoms with E-state index in [9.17, 15) is 0 Å². The molecule has 0 aliphatic rings. The van der Waals surface area contributed by atoms with Crippen LogP contribution in [-0.4, -0.2) is 26.9 Å². The standard InChI is InChI=1S/C22H26N2Si.C14H11B/c1-3-4-11-19(2)25-22(24-17-16-23-18-24,20-12-7-5-8-13-20)21-14-9-6-10-15-21;15-11-14(12-7-3-1-4-8-12)13-9-5-2-6-10-13/h5-18H,3-4,25H2,1-2H3;1-11H. The van der Waals surface area contributed by atoms with Crippen LogP contribution in [0, 0.1) is 0 Å². The topological polar surface area (TPSA) is 17.8 Å². The monoisotopic (exact) mass is 536 g/mol. The van der Waals surface area contributed by atoms with Gasteiger partial charge in [0.2, 0.25) is 0 Å². The molecule has 0 unspecified atom stereocenters. The molecule has 0 amide bonds. The van der Waals surface area contributed by atoms with Crippen LogP contribution in [0.2, 0.25) is 0 Å². The van der Waals surface area contributed by atoms with Crippen molar-refractivity contribution in [3.8, 4) is 0 Å². The number of aromatic nitrogens is 2. The van der Waals surface area contributed by atoms with Crippen molar-refractivity contribution in [2.75, 3.05) is 0 Å². The number of hydrogen-bond donors (Lipinski definition) is 0. The first-order valence-corrected chi connectivity index (χ1v) is 15.4. The summed E-state index contributed by atoms with van der Waals surface area (Å²) in [6.45, 7) is 4.54. The molecule has 198 valence electrons. The van der Waals surface area contributed by atoms with E-state index >= 15 is 0 Å². The smallest absolute Gasteiger partial charge is 0.103 e. The molecule has 5 aromatic rings. The molecule has 0 N–H and O–H groups in total. The lowest BCUT2D eigenvalue weighted by atomic mass is 9.92. The molecule has 0 aliphatic heterocycles. The molecular formula is C36H37BN2Si. The normalized spacial score (nSPS) is 11.6. The van der Waals surface area contributed by atoms with E-state index in [2.05, 4.69) is 121 Å². The van der Waals surface area contributed by atoms with Crippen LogP contribution in [0.15, 0.2) is 157 Å². The Morgan fingerprint density at radius 3 is 1.65 bits per heavy atom. The van der Waals surface area contributed by atoms with Gasteiger partial charge in [-0.25, -0.2) is 4.98 Å². The highest BCUT2D eigenvalue weighted by molar-refractivity contribution is 6.50. The molecule has 0 saturated carbocycles. The van der Waals surface area contributed by atoms with Gasteiger partial charge in [-0.3, -0.25) is 0 Å². The van der Waals surface area contributed by atoms with Crippen LogP contribution in [0.3, 0.4) is 0 Å². The molecule has 4 heteroatoms. The van der Waals surface area contributed by atoms with Crippen molar-refractivity contribution in [3.05, 3.63) is 180 Å². The van der Waals surface area contributed by atoms with E-state index in [1.54, 1.807) is 11.2 Å². The van der Waals surface area contributed by atoms with Crippen molar-refractivity contribution in [2.45, 2.75) is 31.9 Å². The van der Waals surface area contributed by atoms with Gasteiger partial charge in [0.15, 0.2) is 0 Å². The van der Waals surface area contributed by atoms with Gasteiger partial charge in [0.1, 0.15) is 7.85 Å². The minimum atomic E-state index is -0.659. The zero-order valence-corrected chi connectivity index (χ0v) is 24.9. The van der Waals surface area contributed by atoms with Gasteiger partial charge in [0.05, 0.1) is 21.0 Å².